The topological polar surface area (TPSA) is 67.9 Å². The summed E-state index contributed by atoms with van der Waals surface area (Å²) in [5.74, 6) is 1.26. The molecule has 0 aromatic heterocycles. The van der Waals surface area contributed by atoms with Crippen molar-refractivity contribution in [2.75, 3.05) is 26.8 Å². The number of carbonyl (C=O) groups excluding carboxylic acids is 2. The molecular weight excluding hydrogens is 404 g/mol. The molecule has 0 unspecified atom stereocenters. The number of ether oxygens (including phenoxy) is 2. The first-order chi connectivity index (χ1) is 14.5. The van der Waals surface area contributed by atoms with E-state index in [9.17, 15) is 9.59 Å². The van der Waals surface area contributed by atoms with E-state index >= 15 is 0 Å². The van der Waals surface area contributed by atoms with Crippen LogP contribution in [0.5, 0.6) is 11.5 Å². The molecule has 0 spiro atoms. The van der Waals surface area contributed by atoms with Crippen molar-refractivity contribution in [2.24, 2.45) is 0 Å². The molecule has 1 N–H and O–H groups in total. The van der Waals surface area contributed by atoms with Gasteiger partial charge in [0.15, 0.2) is 11.5 Å². The molecule has 158 valence electrons. The molecule has 2 aromatic rings. The minimum absolute atomic E-state index is 0.0874. The average molecular weight is 429 g/mol. The summed E-state index contributed by atoms with van der Waals surface area (Å²) in [6.07, 6.45) is 1.93. The minimum Gasteiger partial charge on any atom is -0.493 e. The lowest BCUT2D eigenvalue weighted by Crippen LogP contribution is -2.48. The molecule has 2 amide bonds. The van der Waals surface area contributed by atoms with Crippen molar-refractivity contribution < 1.29 is 19.1 Å². The van der Waals surface area contributed by atoms with Crippen LogP contribution in [0.15, 0.2) is 48.5 Å². The molecule has 2 saturated heterocycles. The summed E-state index contributed by atoms with van der Waals surface area (Å²) >= 11 is 6.48. The van der Waals surface area contributed by atoms with E-state index in [1.54, 1.807) is 13.2 Å². The molecule has 2 aromatic carbocycles. The second-order valence-corrected chi connectivity index (χ2v) is 8.14. The van der Waals surface area contributed by atoms with Gasteiger partial charge in [0.05, 0.1) is 19.1 Å². The zero-order chi connectivity index (χ0) is 21.1. The summed E-state index contributed by atoms with van der Waals surface area (Å²) in [5.41, 5.74) is -0.0687. The molecule has 2 aliphatic heterocycles. The fourth-order valence-electron chi connectivity index (χ4n) is 4.54. The lowest BCUT2D eigenvalue weighted by molar-refractivity contribution is -0.129. The van der Waals surface area contributed by atoms with E-state index in [1.165, 1.54) is 0 Å². The number of nitrogens with zero attached hydrogens (tertiary/aromatic N) is 1. The first kappa shape index (κ1) is 20.5. The van der Waals surface area contributed by atoms with Crippen molar-refractivity contribution in [2.45, 2.75) is 30.7 Å². The van der Waals surface area contributed by atoms with Crippen LogP contribution in [-0.2, 0) is 15.0 Å². The Hall–Kier alpha value is -2.73. The van der Waals surface area contributed by atoms with Gasteiger partial charge in [0.1, 0.15) is 6.61 Å². The van der Waals surface area contributed by atoms with Crippen LogP contribution in [0.2, 0.25) is 5.02 Å². The number of carbonyl (C=O) groups is 2. The molecule has 0 radical (unpaired) electrons. The molecule has 2 fully saturated rings. The lowest BCUT2D eigenvalue weighted by atomic mass is 9.77. The van der Waals surface area contributed by atoms with Crippen molar-refractivity contribution in [1.29, 1.82) is 0 Å². The number of halogens is 1. The second kappa shape index (κ2) is 8.56. The average Bonchev–Trinajstić information content (AvgIpc) is 3.31. The number of hydrogen-bond donors (Lipinski definition) is 1. The molecule has 2 aliphatic rings. The molecule has 30 heavy (non-hydrogen) atoms. The van der Waals surface area contributed by atoms with E-state index in [-0.39, 0.29) is 17.9 Å². The van der Waals surface area contributed by atoms with Crippen LogP contribution in [0.4, 0.5) is 0 Å². The van der Waals surface area contributed by atoms with Gasteiger partial charge in [-0.1, -0.05) is 41.9 Å². The van der Waals surface area contributed by atoms with E-state index in [2.05, 4.69) is 5.32 Å². The highest BCUT2D eigenvalue weighted by atomic mass is 35.5. The van der Waals surface area contributed by atoms with Crippen LogP contribution in [0.3, 0.4) is 0 Å². The molecule has 4 rings (SSSR count). The van der Waals surface area contributed by atoms with Crippen LogP contribution in [0.25, 0.3) is 0 Å². The van der Waals surface area contributed by atoms with Gasteiger partial charge in [0, 0.05) is 24.0 Å². The summed E-state index contributed by atoms with van der Waals surface area (Å²) in [7, 11) is 1.59. The van der Waals surface area contributed by atoms with Gasteiger partial charge >= 0.3 is 0 Å². The third-order valence-corrected chi connectivity index (χ3v) is 6.34. The summed E-state index contributed by atoms with van der Waals surface area (Å²) in [6, 6.07) is 14.9. The van der Waals surface area contributed by atoms with E-state index in [0.29, 0.717) is 49.1 Å². The number of methoxy groups -OCH3 is 1. The van der Waals surface area contributed by atoms with Gasteiger partial charge in [0.25, 0.3) is 0 Å². The number of fused-ring (bicyclic) bond motifs is 1. The van der Waals surface area contributed by atoms with Gasteiger partial charge in [-0.25, -0.2) is 0 Å². The zero-order valence-electron chi connectivity index (χ0n) is 16.9. The fraction of sp³-hybridized carbons (Fsp3) is 0.391. The number of benzene rings is 2. The van der Waals surface area contributed by atoms with Crippen LogP contribution < -0.4 is 14.8 Å². The van der Waals surface area contributed by atoms with Crippen molar-refractivity contribution in [3.8, 4) is 11.5 Å². The number of amides is 2. The smallest absolute Gasteiger partial charge is 0.232 e. The molecule has 0 saturated carbocycles. The van der Waals surface area contributed by atoms with E-state index < -0.39 is 5.41 Å². The van der Waals surface area contributed by atoms with E-state index in [4.69, 9.17) is 21.1 Å². The number of para-hydroxylation sites is 2. The summed E-state index contributed by atoms with van der Waals surface area (Å²) in [4.78, 5) is 27.5. The Morgan fingerprint density at radius 3 is 2.67 bits per heavy atom. The number of nitrogens with one attached hydrogen (secondary N) is 1. The number of hydrogen-bond acceptors (Lipinski definition) is 4. The van der Waals surface area contributed by atoms with E-state index in [0.717, 1.165) is 12.0 Å². The van der Waals surface area contributed by atoms with Gasteiger partial charge in [-0.05, 0) is 36.6 Å². The fourth-order valence-corrected chi connectivity index (χ4v) is 4.86. The Bertz CT molecular complexity index is 950. The van der Waals surface area contributed by atoms with Crippen molar-refractivity contribution in [3.63, 3.8) is 0 Å². The first-order valence-corrected chi connectivity index (χ1v) is 10.5. The summed E-state index contributed by atoms with van der Waals surface area (Å²) in [5, 5.41) is 3.55. The Labute approximate surface area is 181 Å². The maximum atomic E-state index is 13.4. The minimum atomic E-state index is -0.844. The Morgan fingerprint density at radius 1 is 1.20 bits per heavy atom. The summed E-state index contributed by atoms with van der Waals surface area (Å²) in [6.45, 7) is 0.998. The standard InChI is InChI=1S/C23H25ClN2O4/c1-29-19-8-4-5-9-20(19)30-13-12-25-22(28)23(17-6-2-3-7-18(17)24)14-16-10-11-21(27)26(16)15-23/h2-9,16H,10-15H2,1H3,(H,25,28)/t16-,23-/m0/s1. The molecule has 0 bridgehead atoms. The van der Waals surface area contributed by atoms with Crippen LogP contribution in [0.1, 0.15) is 24.8 Å². The molecule has 7 heteroatoms. The monoisotopic (exact) mass is 428 g/mol. The van der Waals surface area contributed by atoms with Crippen molar-refractivity contribution in [1.82, 2.24) is 10.2 Å². The zero-order valence-corrected chi connectivity index (χ0v) is 17.7. The highest BCUT2D eigenvalue weighted by Gasteiger charge is 2.54. The first-order valence-electron chi connectivity index (χ1n) is 10.1. The van der Waals surface area contributed by atoms with Gasteiger partial charge in [-0.2, -0.15) is 0 Å². The molecule has 2 heterocycles. The summed E-state index contributed by atoms with van der Waals surface area (Å²) < 4.78 is 11.0. The van der Waals surface area contributed by atoms with Crippen LogP contribution in [0, 0.1) is 0 Å². The predicted molar refractivity (Wildman–Crippen MR) is 114 cm³/mol. The maximum Gasteiger partial charge on any atom is 0.232 e. The lowest BCUT2D eigenvalue weighted by Gasteiger charge is -2.29. The van der Waals surface area contributed by atoms with Crippen molar-refractivity contribution >= 4 is 23.4 Å². The number of rotatable bonds is 7. The van der Waals surface area contributed by atoms with Gasteiger partial charge in [0.2, 0.25) is 11.8 Å². The maximum absolute atomic E-state index is 13.4. The SMILES string of the molecule is COc1ccccc1OCCNC(=O)[C@@]1(c2ccccc2Cl)C[C@@H]2CCC(=O)N2C1. The largest absolute Gasteiger partial charge is 0.493 e. The Kier molecular flexibility index (Phi) is 5.86. The Balaban J connectivity index is 1.47. The molecular formula is C23H25ClN2O4. The van der Waals surface area contributed by atoms with Gasteiger partial charge in [-0.3, -0.25) is 9.59 Å². The third kappa shape index (κ3) is 3.72. The van der Waals surface area contributed by atoms with Gasteiger partial charge in [-0.15, -0.1) is 0 Å². The highest BCUT2D eigenvalue weighted by Crippen LogP contribution is 2.45. The van der Waals surface area contributed by atoms with Crippen molar-refractivity contribution in [3.05, 3.63) is 59.1 Å². The molecule has 2 atom stereocenters. The predicted octanol–water partition coefficient (Wildman–Crippen LogP) is 3.18. The van der Waals surface area contributed by atoms with E-state index in [1.807, 2.05) is 47.4 Å². The molecule has 6 nitrogen and oxygen atoms in total. The third-order valence-electron chi connectivity index (χ3n) is 6.02. The normalized spacial score (nSPS) is 22.7. The van der Waals surface area contributed by atoms with Crippen LogP contribution >= 0.6 is 11.6 Å². The van der Waals surface area contributed by atoms with Gasteiger partial charge < -0.3 is 19.7 Å². The molecule has 0 aliphatic carbocycles. The Morgan fingerprint density at radius 2 is 1.93 bits per heavy atom. The quantitative estimate of drug-likeness (QED) is 0.688. The second-order valence-electron chi connectivity index (χ2n) is 7.74. The van der Waals surface area contributed by atoms with Crippen LogP contribution in [-0.4, -0.2) is 49.6 Å². The highest BCUT2D eigenvalue weighted by molar-refractivity contribution is 6.31.